The highest BCUT2D eigenvalue weighted by molar-refractivity contribution is 8.76. The normalized spacial score (nSPS) is 25.7. The minimum absolute atomic E-state index is 0.0234. The first-order valence-electron chi connectivity index (χ1n) is 19.4. The van der Waals surface area contributed by atoms with Gasteiger partial charge in [0.1, 0.15) is 12.5 Å². The molecule has 2 aromatic rings. The molecule has 0 spiro atoms. The summed E-state index contributed by atoms with van der Waals surface area (Å²) in [6, 6.07) is 6.02. The van der Waals surface area contributed by atoms with Crippen LogP contribution in [0.1, 0.15) is 86.6 Å². The summed E-state index contributed by atoms with van der Waals surface area (Å²) >= 11 is 0. The zero-order valence-electron chi connectivity index (χ0n) is 31.7. The van der Waals surface area contributed by atoms with E-state index in [9.17, 15) is 20.1 Å². The predicted octanol–water partition coefficient (Wildman–Crippen LogP) is 4.87. The first-order valence-corrected chi connectivity index (χ1v) is 21.9. The summed E-state index contributed by atoms with van der Waals surface area (Å²) in [6.07, 6.45) is 5.05. The number of hydrogen-bond acceptors (Lipinski definition) is 13. The van der Waals surface area contributed by atoms with Crippen molar-refractivity contribution in [2.45, 2.75) is 109 Å². The SMILES string of the molecule is COc1c(O)ccc2c1C#CCc1cc(c3c(c1OCNC1CCCC1)OC(O)C(C1CN=C(N)NC(C(C)C)CSSC1)C3)CCC(O)CC(=O)CC2. The van der Waals surface area contributed by atoms with Crippen LogP contribution in [0, 0.1) is 29.6 Å². The number of nitrogens with zero attached hydrogens (tertiary/aromatic N) is 1. The maximum atomic E-state index is 13.1. The molecule has 0 amide bonds. The average Bonchev–Trinajstić information content (AvgIpc) is 3.67. The number of aliphatic imine (C=N–C) groups is 1. The van der Waals surface area contributed by atoms with E-state index in [1.165, 1.54) is 20.0 Å². The van der Waals surface area contributed by atoms with Gasteiger partial charge < -0.3 is 40.6 Å². The number of carbonyl (C=O) groups excluding carboxylic acids is 1. The lowest BCUT2D eigenvalue weighted by molar-refractivity contribution is -0.121. The fraction of sp³-hybridized carbons (Fsp3) is 0.610. The smallest absolute Gasteiger partial charge is 0.201 e. The third-order valence-corrected chi connectivity index (χ3v) is 13.7. The van der Waals surface area contributed by atoms with Gasteiger partial charge in [0.2, 0.25) is 6.29 Å². The van der Waals surface area contributed by atoms with Gasteiger partial charge in [0.15, 0.2) is 29.0 Å². The number of guanidine groups is 1. The number of nitrogens with two attached hydrogens (primary N) is 1. The molecule has 7 N–H and O–H groups in total. The van der Waals surface area contributed by atoms with Crippen molar-refractivity contribution in [2.75, 3.05) is 31.9 Å². The van der Waals surface area contributed by atoms with Gasteiger partial charge in [-0.2, -0.15) is 0 Å². The van der Waals surface area contributed by atoms with Gasteiger partial charge in [-0.25, -0.2) is 0 Å². The Morgan fingerprint density at radius 1 is 1.06 bits per heavy atom. The number of aliphatic hydroxyl groups is 2. The van der Waals surface area contributed by atoms with E-state index >= 15 is 0 Å². The van der Waals surface area contributed by atoms with Crippen LogP contribution in [-0.2, 0) is 30.5 Å². The number of rotatable bonds is 7. The average molecular weight is 781 g/mol. The van der Waals surface area contributed by atoms with Crippen LogP contribution in [0.3, 0.4) is 0 Å². The van der Waals surface area contributed by atoms with Crippen LogP contribution in [-0.4, -0.2) is 83.4 Å². The van der Waals surface area contributed by atoms with E-state index < -0.39 is 12.4 Å². The Bertz CT molecular complexity index is 1720. The van der Waals surface area contributed by atoms with Gasteiger partial charge >= 0.3 is 0 Å². The van der Waals surface area contributed by atoms with E-state index in [0.29, 0.717) is 67.2 Å². The molecule has 2 aromatic carbocycles. The van der Waals surface area contributed by atoms with Crippen LogP contribution in [0.25, 0.3) is 0 Å². The number of benzene rings is 2. The number of fused-ring (bicyclic) bond motifs is 5. The van der Waals surface area contributed by atoms with Gasteiger partial charge in [-0.05, 0) is 67.6 Å². The van der Waals surface area contributed by atoms with Gasteiger partial charge in [0, 0.05) is 66.4 Å². The van der Waals surface area contributed by atoms with Crippen LogP contribution in [0.4, 0.5) is 0 Å². The molecule has 5 unspecified atom stereocenters. The molecule has 13 heteroatoms. The van der Waals surface area contributed by atoms with Crippen molar-refractivity contribution in [1.29, 1.82) is 0 Å². The lowest BCUT2D eigenvalue weighted by atomic mass is 9.81. The summed E-state index contributed by atoms with van der Waals surface area (Å²) in [5, 5.41) is 40.4. The zero-order valence-corrected chi connectivity index (χ0v) is 33.3. The van der Waals surface area contributed by atoms with E-state index in [4.69, 9.17) is 24.9 Å². The maximum absolute atomic E-state index is 13.1. The van der Waals surface area contributed by atoms with Gasteiger partial charge in [-0.3, -0.25) is 15.1 Å². The third kappa shape index (κ3) is 10.1. The summed E-state index contributed by atoms with van der Waals surface area (Å²) in [6.45, 7) is 5.06. The molecule has 1 saturated carbocycles. The number of ketones is 1. The Morgan fingerprint density at radius 2 is 1.85 bits per heavy atom. The number of phenolic OH excluding ortho intramolecular Hbond substituents is 1. The predicted molar refractivity (Wildman–Crippen MR) is 215 cm³/mol. The van der Waals surface area contributed by atoms with Crippen molar-refractivity contribution in [3.05, 3.63) is 46.0 Å². The van der Waals surface area contributed by atoms with E-state index in [1.54, 1.807) is 33.7 Å². The standard InChI is InChI=1S/C41H56N4O7S2/c1-24(2)35-22-54-53-21-28(20-43-41(42)45-35)34-19-33-26-12-15-31(47)18-30(46)14-11-25-13-16-36(48)38(50-3)32(25)10-6-7-27(17-26)37(39(33)52-40(34)49)51-23-44-29-8-4-5-9-29/h13,16-17,24,28-29,31,34-35,40,44,47-49H,4-5,7-9,11-12,14-15,18-23H2,1-3H3,(H3,42,43,45). The summed E-state index contributed by atoms with van der Waals surface area (Å²) < 4.78 is 18.6. The molecular weight excluding hydrogens is 725 g/mol. The number of phenols is 1. The molecular formula is C41H56N4O7S2. The molecule has 2 heterocycles. The second-order valence-corrected chi connectivity index (χ2v) is 17.9. The highest BCUT2D eigenvalue weighted by Crippen LogP contribution is 2.46. The number of carbonyl (C=O) groups is 1. The van der Waals surface area contributed by atoms with Crippen LogP contribution < -0.4 is 30.6 Å². The Kier molecular flexibility index (Phi) is 14.2. The molecule has 0 aromatic heterocycles. The second-order valence-electron chi connectivity index (χ2n) is 15.3. The Morgan fingerprint density at radius 3 is 2.63 bits per heavy atom. The van der Waals surface area contributed by atoms with Gasteiger partial charge in [0.25, 0.3) is 0 Å². The molecule has 0 saturated heterocycles. The zero-order chi connectivity index (χ0) is 38.2. The van der Waals surface area contributed by atoms with Crippen LogP contribution in [0.15, 0.2) is 23.2 Å². The topological polar surface area (TPSA) is 168 Å². The van der Waals surface area contributed by atoms with Gasteiger partial charge in [-0.15, -0.1) is 0 Å². The van der Waals surface area contributed by atoms with Crippen molar-refractivity contribution in [3.63, 3.8) is 0 Å². The van der Waals surface area contributed by atoms with Gasteiger partial charge in [0.05, 0.1) is 18.8 Å². The number of aryl methyl sites for hydroxylation is 2. The number of methoxy groups -OCH3 is 1. The fourth-order valence-corrected chi connectivity index (χ4v) is 10.7. The van der Waals surface area contributed by atoms with Crippen molar-refractivity contribution in [2.24, 2.45) is 28.5 Å². The number of aromatic hydroxyl groups is 1. The lowest BCUT2D eigenvalue weighted by Crippen LogP contribution is -2.45. The van der Waals surface area contributed by atoms with E-state index in [0.717, 1.165) is 46.6 Å². The Balaban J connectivity index is 1.38. The first-order chi connectivity index (χ1) is 26.1. The maximum Gasteiger partial charge on any atom is 0.201 e. The summed E-state index contributed by atoms with van der Waals surface area (Å²) in [7, 11) is 5.08. The van der Waals surface area contributed by atoms with Crippen LogP contribution in [0.5, 0.6) is 23.0 Å². The molecule has 6 rings (SSSR count). The van der Waals surface area contributed by atoms with E-state index in [-0.39, 0.29) is 61.2 Å². The van der Waals surface area contributed by atoms with E-state index in [1.807, 2.05) is 0 Å². The number of aliphatic hydroxyl groups excluding tert-OH is 2. The van der Waals surface area contributed by atoms with Crippen molar-refractivity contribution in [1.82, 2.24) is 10.6 Å². The van der Waals surface area contributed by atoms with Crippen molar-refractivity contribution in [3.8, 4) is 34.8 Å². The lowest BCUT2D eigenvalue weighted by Gasteiger charge is -2.37. The van der Waals surface area contributed by atoms with E-state index in [2.05, 4.69) is 42.4 Å². The third-order valence-electron chi connectivity index (χ3n) is 11.2. The quantitative estimate of drug-likeness (QED) is 0.128. The second kappa shape index (κ2) is 19.0. The minimum Gasteiger partial charge on any atom is -0.504 e. The molecule has 1 fully saturated rings. The Hall–Kier alpha value is -3.28. The molecule has 2 aliphatic carbocycles. The number of nitrogens with one attached hydrogen (secondary N) is 2. The first kappa shape index (κ1) is 40.4. The summed E-state index contributed by atoms with van der Waals surface area (Å²) in [5.74, 6) is 9.93. The number of ether oxygens (including phenoxy) is 3. The largest absolute Gasteiger partial charge is 0.504 e. The number of Topliss-reactive ketones (excluding diaryl/α,β-unsaturated/α-hetero) is 1. The summed E-state index contributed by atoms with van der Waals surface area (Å²) in [5.41, 5.74) is 10.4. The molecule has 2 aliphatic heterocycles. The molecule has 5 atom stereocenters. The molecule has 11 nitrogen and oxygen atoms in total. The van der Waals surface area contributed by atoms with Gasteiger partial charge in [-0.1, -0.05) is 72.3 Å². The van der Waals surface area contributed by atoms with Crippen molar-refractivity contribution < 1.29 is 34.3 Å². The highest BCUT2D eigenvalue weighted by Gasteiger charge is 2.38. The molecule has 54 heavy (non-hydrogen) atoms. The van der Waals surface area contributed by atoms with Crippen LogP contribution in [0.2, 0.25) is 0 Å². The van der Waals surface area contributed by atoms with Crippen molar-refractivity contribution >= 4 is 33.3 Å². The number of hydrogen-bond donors (Lipinski definition) is 6. The fourth-order valence-electron chi connectivity index (χ4n) is 7.83. The molecule has 0 radical (unpaired) electrons. The molecule has 2 bridgehead atoms. The molecule has 294 valence electrons. The monoisotopic (exact) mass is 780 g/mol. The van der Waals surface area contributed by atoms with Crippen LogP contribution >= 0.6 is 21.6 Å². The summed E-state index contributed by atoms with van der Waals surface area (Å²) in [4.78, 5) is 17.8. The highest BCUT2D eigenvalue weighted by atomic mass is 33.1. The minimum atomic E-state index is -1.11. The molecule has 4 aliphatic rings. The Labute approximate surface area is 327 Å².